The van der Waals surface area contributed by atoms with Crippen LogP contribution in [0.4, 0.5) is 0 Å². The smallest absolute Gasteiger partial charge is 0.231 e. The van der Waals surface area contributed by atoms with Gasteiger partial charge in [-0.25, -0.2) is 0 Å². The average Bonchev–Trinajstić information content (AvgIpc) is 3.32. The molecule has 0 aromatic heterocycles. The molecule has 2 aliphatic carbocycles. The van der Waals surface area contributed by atoms with Crippen LogP contribution in [0.5, 0.6) is 11.5 Å². The molecule has 1 aliphatic heterocycles. The van der Waals surface area contributed by atoms with Crippen LogP contribution >= 0.6 is 0 Å². The van der Waals surface area contributed by atoms with Gasteiger partial charge in [-0.2, -0.15) is 0 Å². The van der Waals surface area contributed by atoms with E-state index in [0.29, 0.717) is 13.0 Å². The number of amides is 1. The van der Waals surface area contributed by atoms with Crippen LogP contribution in [0.1, 0.15) is 60.8 Å². The van der Waals surface area contributed by atoms with Crippen molar-refractivity contribution in [3.05, 3.63) is 82.9 Å². The number of ether oxygens (including phenoxy) is 2. The minimum Gasteiger partial charge on any atom is -0.454 e. The van der Waals surface area contributed by atoms with Crippen molar-refractivity contribution in [3.8, 4) is 22.6 Å². The van der Waals surface area contributed by atoms with Gasteiger partial charge in [0.1, 0.15) is 5.78 Å². The van der Waals surface area contributed by atoms with Crippen molar-refractivity contribution in [2.75, 3.05) is 13.8 Å². The van der Waals surface area contributed by atoms with Crippen LogP contribution in [0.25, 0.3) is 11.1 Å². The molecular weight excluding hydrogens is 474 g/mol. The molecule has 0 saturated heterocycles. The second kappa shape index (κ2) is 9.94. The van der Waals surface area contributed by atoms with Crippen molar-refractivity contribution in [2.24, 2.45) is 5.92 Å². The summed E-state index contributed by atoms with van der Waals surface area (Å²) < 4.78 is 11.0. The molecule has 2 saturated carbocycles. The van der Waals surface area contributed by atoms with Gasteiger partial charge in [-0.3, -0.25) is 9.59 Å². The molecule has 5 heteroatoms. The molecule has 3 aromatic rings. The van der Waals surface area contributed by atoms with Gasteiger partial charge in [0.05, 0.1) is 5.41 Å². The lowest BCUT2D eigenvalue weighted by Crippen LogP contribution is -2.31. The summed E-state index contributed by atoms with van der Waals surface area (Å²) in [6.45, 7) is 2.98. The van der Waals surface area contributed by atoms with E-state index in [0.717, 1.165) is 65.0 Å². The molecule has 0 atom stereocenters. The van der Waals surface area contributed by atoms with E-state index >= 15 is 0 Å². The van der Waals surface area contributed by atoms with Gasteiger partial charge in [-0.05, 0) is 78.1 Å². The summed E-state index contributed by atoms with van der Waals surface area (Å²) in [6, 6.07) is 20.7. The first-order valence-electron chi connectivity index (χ1n) is 13.8. The molecule has 0 radical (unpaired) electrons. The SMILES string of the molecule is Cc1ccc(CC(=O)C2(c3ccc4c(c3)OCO4)CC2)cc1-c1ccc(CN(C)C(=O)C2CCCC2)cc1. The number of aryl methyl sites for hydroxylation is 1. The third-order valence-corrected chi connectivity index (χ3v) is 8.64. The normalized spacial score (nSPS) is 17.4. The monoisotopic (exact) mass is 509 g/mol. The molecule has 38 heavy (non-hydrogen) atoms. The van der Waals surface area contributed by atoms with Crippen molar-refractivity contribution in [1.82, 2.24) is 4.90 Å². The molecule has 1 amide bonds. The van der Waals surface area contributed by atoms with E-state index in [4.69, 9.17) is 9.47 Å². The molecular formula is C33H35NO4. The van der Waals surface area contributed by atoms with Crippen LogP contribution in [0.3, 0.4) is 0 Å². The number of hydrogen-bond acceptors (Lipinski definition) is 4. The molecule has 5 nitrogen and oxygen atoms in total. The van der Waals surface area contributed by atoms with Gasteiger partial charge in [0.2, 0.25) is 12.7 Å². The van der Waals surface area contributed by atoms with Gasteiger partial charge < -0.3 is 14.4 Å². The Bertz CT molecular complexity index is 1370. The molecule has 0 spiro atoms. The Hall–Kier alpha value is -3.60. The number of ketones is 1. The molecule has 3 aromatic carbocycles. The van der Waals surface area contributed by atoms with Crippen LogP contribution < -0.4 is 9.47 Å². The minimum atomic E-state index is -0.407. The zero-order valence-corrected chi connectivity index (χ0v) is 22.3. The molecule has 0 N–H and O–H groups in total. The fourth-order valence-corrected chi connectivity index (χ4v) is 6.12. The maximum absolute atomic E-state index is 13.5. The topological polar surface area (TPSA) is 55.8 Å². The summed E-state index contributed by atoms with van der Waals surface area (Å²) in [7, 11) is 1.91. The van der Waals surface area contributed by atoms with Crippen molar-refractivity contribution in [1.29, 1.82) is 0 Å². The molecule has 2 fully saturated rings. The summed E-state index contributed by atoms with van der Waals surface area (Å²) in [5, 5.41) is 0. The van der Waals surface area contributed by atoms with Crippen LogP contribution in [-0.4, -0.2) is 30.4 Å². The maximum Gasteiger partial charge on any atom is 0.231 e. The fourth-order valence-electron chi connectivity index (χ4n) is 6.12. The summed E-state index contributed by atoms with van der Waals surface area (Å²) in [6.07, 6.45) is 6.56. The first-order chi connectivity index (χ1) is 18.4. The van der Waals surface area contributed by atoms with E-state index in [2.05, 4.69) is 49.4 Å². The highest BCUT2D eigenvalue weighted by Gasteiger charge is 2.50. The maximum atomic E-state index is 13.5. The first-order valence-corrected chi connectivity index (χ1v) is 13.8. The van der Waals surface area contributed by atoms with Crippen molar-refractivity contribution < 1.29 is 19.1 Å². The lowest BCUT2D eigenvalue weighted by Gasteiger charge is -2.21. The fraction of sp³-hybridized carbons (Fsp3) is 0.394. The molecule has 0 bridgehead atoms. The quantitative estimate of drug-likeness (QED) is 0.353. The number of carbonyl (C=O) groups excluding carboxylic acids is 2. The second-order valence-corrected chi connectivity index (χ2v) is 11.3. The standard InChI is InChI=1S/C33H35NO4/c1-22-7-8-24(18-31(35)33(15-16-33)27-13-14-29-30(19-27)38-21-37-29)17-28(22)25-11-9-23(10-12-25)20-34(2)32(36)26-5-3-4-6-26/h7-14,17,19,26H,3-6,15-16,18,20-21H2,1-2H3. The van der Waals surface area contributed by atoms with E-state index in [9.17, 15) is 9.59 Å². The third kappa shape index (κ3) is 4.70. The van der Waals surface area contributed by atoms with E-state index in [1.54, 1.807) is 0 Å². The lowest BCUT2D eigenvalue weighted by atomic mass is 9.87. The predicted octanol–water partition coefficient (Wildman–Crippen LogP) is 6.38. The molecule has 0 unspecified atom stereocenters. The Morgan fingerprint density at radius 1 is 0.895 bits per heavy atom. The van der Waals surface area contributed by atoms with E-state index in [1.807, 2.05) is 30.1 Å². The van der Waals surface area contributed by atoms with Crippen LogP contribution in [0.2, 0.25) is 0 Å². The predicted molar refractivity (Wildman–Crippen MR) is 147 cm³/mol. The molecule has 3 aliphatic rings. The van der Waals surface area contributed by atoms with Crippen LogP contribution in [0.15, 0.2) is 60.7 Å². The number of rotatable bonds is 8. The van der Waals surface area contributed by atoms with E-state index in [1.165, 1.54) is 18.4 Å². The van der Waals surface area contributed by atoms with Crippen molar-refractivity contribution in [3.63, 3.8) is 0 Å². The Morgan fingerprint density at radius 2 is 1.61 bits per heavy atom. The van der Waals surface area contributed by atoms with Crippen molar-refractivity contribution >= 4 is 11.7 Å². The van der Waals surface area contributed by atoms with Gasteiger partial charge in [-0.15, -0.1) is 0 Å². The summed E-state index contributed by atoms with van der Waals surface area (Å²) >= 11 is 0. The highest BCUT2D eigenvalue weighted by Crippen LogP contribution is 2.51. The van der Waals surface area contributed by atoms with Crippen molar-refractivity contribution in [2.45, 2.75) is 63.8 Å². The van der Waals surface area contributed by atoms with Gasteiger partial charge in [-0.1, -0.05) is 61.4 Å². The number of Topliss-reactive ketones (excluding diaryl/α,β-unsaturated/α-hetero) is 1. The number of benzene rings is 3. The number of hydrogen-bond donors (Lipinski definition) is 0. The zero-order valence-electron chi connectivity index (χ0n) is 22.3. The van der Waals surface area contributed by atoms with E-state index in [-0.39, 0.29) is 24.4 Å². The Morgan fingerprint density at radius 3 is 2.34 bits per heavy atom. The Balaban J connectivity index is 1.15. The lowest BCUT2D eigenvalue weighted by molar-refractivity contribution is -0.134. The van der Waals surface area contributed by atoms with Crippen LogP contribution in [-0.2, 0) is 28.0 Å². The highest BCUT2D eigenvalue weighted by molar-refractivity contribution is 5.95. The highest BCUT2D eigenvalue weighted by atomic mass is 16.7. The largest absolute Gasteiger partial charge is 0.454 e. The van der Waals surface area contributed by atoms with E-state index < -0.39 is 5.41 Å². The number of carbonyl (C=O) groups is 2. The number of fused-ring (bicyclic) bond motifs is 1. The van der Waals surface area contributed by atoms with Gasteiger partial charge in [0.25, 0.3) is 0 Å². The Labute approximate surface area is 224 Å². The summed E-state index contributed by atoms with van der Waals surface area (Å²) in [5.74, 6) is 2.22. The molecule has 1 heterocycles. The zero-order chi connectivity index (χ0) is 26.3. The third-order valence-electron chi connectivity index (χ3n) is 8.64. The average molecular weight is 510 g/mol. The Kier molecular flexibility index (Phi) is 6.46. The summed E-state index contributed by atoms with van der Waals surface area (Å²) in [5.41, 5.74) is 6.24. The first kappa shape index (κ1) is 24.7. The molecule has 196 valence electrons. The second-order valence-electron chi connectivity index (χ2n) is 11.3. The van der Waals surface area contributed by atoms with Gasteiger partial charge in [0, 0.05) is 25.9 Å². The van der Waals surface area contributed by atoms with Gasteiger partial charge in [0.15, 0.2) is 11.5 Å². The summed E-state index contributed by atoms with van der Waals surface area (Å²) in [4.78, 5) is 28.1. The number of nitrogens with zero attached hydrogens (tertiary/aromatic N) is 1. The minimum absolute atomic E-state index is 0.201. The van der Waals surface area contributed by atoms with Crippen LogP contribution in [0, 0.1) is 12.8 Å². The molecule has 6 rings (SSSR count). The van der Waals surface area contributed by atoms with Gasteiger partial charge >= 0.3 is 0 Å².